The lowest BCUT2D eigenvalue weighted by Gasteiger charge is -2.36. The van der Waals surface area contributed by atoms with Gasteiger partial charge in [-0.2, -0.15) is 5.26 Å². The third-order valence-corrected chi connectivity index (χ3v) is 3.92. The van der Waals surface area contributed by atoms with Gasteiger partial charge in [0.2, 0.25) is 0 Å². The van der Waals surface area contributed by atoms with Crippen molar-refractivity contribution in [1.82, 2.24) is 0 Å². The Kier molecular flexibility index (Phi) is 4.61. The van der Waals surface area contributed by atoms with Gasteiger partial charge in [-0.25, -0.2) is 0 Å². The first-order valence-electron chi connectivity index (χ1n) is 7.23. The van der Waals surface area contributed by atoms with Crippen LogP contribution in [0.4, 0.5) is 0 Å². The second-order valence-corrected chi connectivity index (χ2v) is 5.94. The van der Waals surface area contributed by atoms with Crippen LogP contribution in [0.15, 0.2) is 18.2 Å². The molecule has 1 fully saturated rings. The molecule has 0 N–H and O–H groups in total. The van der Waals surface area contributed by atoms with Crippen LogP contribution in [0, 0.1) is 24.2 Å². The molecule has 1 aromatic carbocycles. The Bertz CT molecular complexity index is 467. The first-order chi connectivity index (χ1) is 9.08. The Hall–Kier alpha value is -1.33. The first-order valence-corrected chi connectivity index (χ1v) is 7.23. The number of nitrogens with zero attached hydrogens (tertiary/aromatic N) is 1. The SMILES string of the molecule is Cc1ccc(CCC2CC(OC(C)C)C2)cc1C#N. The fraction of sp³-hybridized carbons (Fsp3) is 0.588. The Morgan fingerprint density at radius 2 is 2.11 bits per heavy atom. The second kappa shape index (κ2) is 6.21. The van der Waals surface area contributed by atoms with Gasteiger partial charge in [-0.15, -0.1) is 0 Å². The van der Waals surface area contributed by atoms with Crippen molar-refractivity contribution < 1.29 is 4.74 Å². The van der Waals surface area contributed by atoms with Crippen molar-refractivity contribution in [3.05, 3.63) is 34.9 Å². The van der Waals surface area contributed by atoms with Crippen LogP contribution in [-0.4, -0.2) is 12.2 Å². The fourth-order valence-electron chi connectivity index (χ4n) is 2.72. The molecule has 0 unspecified atom stereocenters. The van der Waals surface area contributed by atoms with Crippen molar-refractivity contribution in [1.29, 1.82) is 5.26 Å². The molecule has 0 saturated heterocycles. The molecule has 0 radical (unpaired) electrons. The average molecular weight is 257 g/mol. The van der Waals surface area contributed by atoms with Crippen molar-refractivity contribution in [3.8, 4) is 6.07 Å². The molecule has 2 rings (SSSR count). The molecule has 1 saturated carbocycles. The molecule has 19 heavy (non-hydrogen) atoms. The van der Waals surface area contributed by atoms with Crippen LogP contribution in [0.1, 0.15) is 49.8 Å². The summed E-state index contributed by atoms with van der Waals surface area (Å²) < 4.78 is 5.78. The highest BCUT2D eigenvalue weighted by Crippen LogP contribution is 2.34. The quantitative estimate of drug-likeness (QED) is 0.798. The zero-order valence-electron chi connectivity index (χ0n) is 12.1. The van der Waals surface area contributed by atoms with Crippen LogP contribution >= 0.6 is 0 Å². The second-order valence-electron chi connectivity index (χ2n) is 5.94. The van der Waals surface area contributed by atoms with E-state index in [0.717, 1.165) is 23.5 Å². The summed E-state index contributed by atoms with van der Waals surface area (Å²) in [6, 6.07) is 8.50. The minimum atomic E-state index is 0.348. The van der Waals surface area contributed by atoms with Gasteiger partial charge < -0.3 is 4.74 Å². The standard InChI is InChI=1S/C17H23NO/c1-12(2)19-17-9-15(10-17)7-6-14-5-4-13(3)16(8-14)11-18/h4-5,8,12,15,17H,6-7,9-10H2,1-3H3. The van der Waals surface area contributed by atoms with Crippen molar-refractivity contribution in [2.75, 3.05) is 0 Å². The van der Waals surface area contributed by atoms with Gasteiger partial charge in [0.25, 0.3) is 0 Å². The van der Waals surface area contributed by atoms with E-state index in [2.05, 4.69) is 32.0 Å². The largest absolute Gasteiger partial charge is 0.376 e. The van der Waals surface area contributed by atoms with E-state index in [-0.39, 0.29) is 0 Å². The smallest absolute Gasteiger partial charge is 0.0994 e. The Morgan fingerprint density at radius 3 is 2.74 bits per heavy atom. The van der Waals surface area contributed by atoms with Crippen molar-refractivity contribution >= 4 is 0 Å². The summed E-state index contributed by atoms with van der Waals surface area (Å²) >= 11 is 0. The molecule has 1 aromatic rings. The summed E-state index contributed by atoms with van der Waals surface area (Å²) in [5, 5.41) is 9.03. The van der Waals surface area contributed by atoms with Crippen LogP contribution in [0.25, 0.3) is 0 Å². The average Bonchev–Trinajstić information content (AvgIpc) is 2.33. The van der Waals surface area contributed by atoms with E-state index < -0.39 is 0 Å². The maximum Gasteiger partial charge on any atom is 0.0994 e. The van der Waals surface area contributed by atoms with E-state index in [1.165, 1.54) is 24.8 Å². The van der Waals surface area contributed by atoms with Crippen molar-refractivity contribution in [2.45, 2.75) is 58.7 Å². The topological polar surface area (TPSA) is 33.0 Å². The molecular weight excluding hydrogens is 234 g/mol. The number of ether oxygens (including phenoxy) is 1. The molecule has 0 atom stereocenters. The van der Waals surface area contributed by atoms with E-state index in [4.69, 9.17) is 10.00 Å². The molecule has 102 valence electrons. The van der Waals surface area contributed by atoms with Crippen LogP contribution in [0.5, 0.6) is 0 Å². The van der Waals surface area contributed by atoms with Crippen LogP contribution in [0.3, 0.4) is 0 Å². The maximum absolute atomic E-state index is 9.03. The van der Waals surface area contributed by atoms with E-state index in [1.54, 1.807) is 0 Å². The molecule has 1 aliphatic rings. The van der Waals surface area contributed by atoms with Gasteiger partial charge in [-0.05, 0) is 69.6 Å². The fourth-order valence-corrected chi connectivity index (χ4v) is 2.72. The predicted molar refractivity (Wildman–Crippen MR) is 76.9 cm³/mol. The molecule has 2 nitrogen and oxygen atoms in total. The Morgan fingerprint density at radius 1 is 1.37 bits per heavy atom. The van der Waals surface area contributed by atoms with E-state index in [1.807, 2.05) is 13.0 Å². The normalized spacial score (nSPS) is 22.1. The lowest BCUT2D eigenvalue weighted by atomic mass is 9.78. The highest BCUT2D eigenvalue weighted by Gasteiger charge is 2.29. The molecule has 0 amide bonds. The summed E-state index contributed by atoms with van der Waals surface area (Å²) in [7, 11) is 0. The van der Waals surface area contributed by atoms with Gasteiger partial charge in [0.05, 0.1) is 23.8 Å². The highest BCUT2D eigenvalue weighted by atomic mass is 16.5. The highest BCUT2D eigenvalue weighted by molar-refractivity contribution is 5.39. The molecule has 1 aliphatic carbocycles. The zero-order chi connectivity index (χ0) is 13.8. The van der Waals surface area contributed by atoms with E-state index in [9.17, 15) is 0 Å². The number of hydrogen-bond acceptors (Lipinski definition) is 2. The van der Waals surface area contributed by atoms with Gasteiger partial charge in [0.1, 0.15) is 0 Å². The van der Waals surface area contributed by atoms with Gasteiger partial charge in [-0.3, -0.25) is 0 Å². The molecule has 0 bridgehead atoms. The predicted octanol–water partition coefficient (Wildman–Crippen LogP) is 4.00. The van der Waals surface area contributed by atoms with E-state index in [0.29, 0.717) is 12.2 Å². The van der Waals surface area contributed by atoms with Crippen LogP contribution in [0.2, 0.25) is 0 Å². The van der Waals surface area contributed by atoms with Crippen LogP contribution < -0.4 is 0 Å². The maximum atomic E-state index is 9.03. The number of hydrogen-bond donors (Lipinski definition) is 0. The number of benzene rings is 1. The monoisotopic (exact) mass is 257 g/mol. The van der Waals surface area contributed by atoms with Gasteiger partial charge >= 0.3 is 0 Å². The molecule has 0 heterocycles. The molecule has 0 spiro atoms. The van der Waals surface area contributed by atoms with E-state index >= 15 is 0 Å². The third-order valence-electron chi connectivity index (χ3n) is 3.92. The summed E-state index contributed by atoms with van der Waals surface area (Å²) in [4.78, 5) is 0. The molecule has 0 aromatic heterocycles. The minimum absolute atomic E-state index is 0.348. The van der Waals surface area contributed by atoms with Gasteiger partial charge in [-0.1, -0.05) is 12.1 Å². The van der Waals surface area contributed by atoms with Crippen molar-refractivity contribution in [2.24, 2.45) is 5.92 Å². The van der Waals surface area contributed by atoms with Gasteiger partial charge in [0, 0.05) is 0 Å². The van der Waals surface area contributed by atoms with Crippen LogP contribution in [-0.2, 0) is 11.2 Å². The number of rotatable bonds is 5. The summed E-state index contributed by atoms with van der Waals surface area (Å²) in [6.45, 7) is 6.19. The minimum Gasteiger partial charge on any atom is -0.376 e. The summed E-state index contributed by atoms with van der Waals surface area (Å²) in [6.07, 6.45) is 5.53. The Balaban J connectivity index is 1.77. The number of nitriles is 1. The lowest BCUT2D eigenvalue weighted by molar-refractivity contribution is -0.0632. The Labute approximate surface area is 116 Å². The number of aryl methyl sites for hydroxylation is 2. The summed E-state index contributed by atoms with van der Waals surface area (Å²) in [5.74, 6) is 0.801. The van der Waals surface area contributed by atoms with Gasteiger partial charge in [0.15, 0.2) is 0 Å². The third kappa shape index (κ3) is 3.81. The van der Waals surface area contributed by atoms with Crippen molar-refractivity contribution in [3.63, 3.8) is 0 Å². The molecule has 0 aliphatic heterocycles. The summed E-state index contributed by atoms with van der Waals surface area (Å²) in [5.41, 5.74) is 3.17. The molecule has 2 heteroatoms. The first kappa shape index (κ1) is 14.1. The molecular formula is C17H23NO. The zero-order valence-corrected chi connectivity index (χ0v) is 12.1. The lowest BCUT2D eigenvalue weighted by Crippen LogP contribution is -2.33.